The zero-order valence-corrected chi connectivity index (χ0v) is 14.2. The van der Waals surface area contributed by atoms with Gasteiger partial charge >= 0.3 is 0 Å². The van der Waals surface area contributed by atoms with Crippen molar-refractivity contribution in [1.82, 2.24) is 9.88 Å². The molecule has 0 bridgehead atoms. The third kappa shape index (κ3) is 4.11. The lowest BCUT2D eigenvalue weighted by molar-refractivity contribution is -0.117. The molecule has 25 heavy (non-hydrogen) atoms. The zero-order valence-electron chi connectivity index (χ0n) is 14.2. The number of pyridine rings is 1. The van der Waals surface area contributed by atoms with Crippen LogP contribution in [0.5, 0.6) is 0 Å². The molecule has 1 amide bonds. The highest BCUT2D eigenvalue weighted by atomic mass is 16.2. The van der Waals surface area contributed by atoms with Gasteiger partial charge in [-0.3, -0.25) is 14.7 Å². The molecule has 5 nitrogen and oxygen atoms in total. The largest absolute Gasteiger partial charge is 0.325 e. The summed E-state index contributed by atoms with van der Waals surface area (Å²) < 4.78 is 0. The summed E-state index contributed by atoms with van der Waals surface area (Å²) in [6, 6.07) is 13.5. The van der Waals surface area contributed by atoms with Crippen LogP contribution in [0.1, 0.15) is 23.2 Å². The quantitative estimate of drug-likeness (QED) is 0.934. The molecule has 1 aromatic heterocycles. The molecule has 3 rings (SSSR count). The van der Waals surface area contributed by atoms with E-state index in [0.29, 0.717) is 18.7 Å². The Morgan fingerprint density at radius 2 is 2.16 bits per heavy atom. The van der Waals surface area contributed by atoms with Gasteiger partial charge in [0, 0.05) is 25.0 Å². The van der Waals surface area contributed by atoms with E-state index in [1.165, 1.54) is 0 Å². The van der Waals surface area contributed by atoms with Crippen LogP contribution in [0.2, 0.25) is 0 Å². The molecular weight excluding hydrogens is 312 g/mol. The Hall–Kier alpha value is -2.97. The molecule has 5 heteroatoms. The molecule has 0 unspecified atom stereocenters. The number of nitrogens with zero attached hydrogens (tertiary/aromatic N) is 3. The van der Waals surface area contributed by atoms with Gasteiger partial charge in [-0.05, 0) is 42.7 Å². The van der Waals surface area contributed by atoms with Gasteiger partial charge in [0.15, 0.2) is 0 Å². The third-order valence-corrected chi connectivity index (χ3v) is 4.31. The number of hydrogen-bond donors (Lipinski definition) is 1. The molecule has 2 aromatic rings. The lowest BCUT2D eigenvalue weighted by Gasteiger charge is -2.25. The Balaban J connectivity index is 1.60. The number of nitriles is 1. The maximum atomic E-state index is 12.3. The van der Waals surface area contributed by atoms with E-state index >= 15 is 0 Å². The predicted molar refractivity (Wildman–Crippen MR) is 97.8 cm³/mol. The summed E-state index contributed by atoms with van der Waals surface area (Å²) in [4.78, 5) is 18.7. The van der Waals surface area contributed by atoms with Crippen LogP contribution < -0.4 is 5.32 Å². The number of aromatic nitrogens is 1. The van der Waals surface area contributed by atoms with E-state index in [1.807, 2.05) is 31.2 Å². The first-order chi connectivity index (χ1) is 12.2. The maximum absolute atomic E-state index is 12.3. The maximum Gasteiger partial charge on any atom is 0.238 e. The van der Waals surface area contributed by atoms with Gasteiger partial charge in [0.05, 0.1) is 17.8 Å². The Bertz CT molecular complexity index is 851. The minimum atomic E-state index is -0.0123. The molecule has 0 atom stereocenters. The van der Waals surface area contributed by atoms with Gasteiger partial charge in [-0.1, -0.05) is 24.3 Å². The summed E-state index contributed by atoms with van der Waals surface area (Å²) in [6.07, 6.45) is 4.55. The van der Waals surface area contributed by atoms with Crippen LogP contribution in [0, 0.1) is 18.3 Å². The fourth-order valence-electron chi connectivity index (χ4n) is 2.93. The van der Waals surface area contributed by atoms with Gasteiger partial charge < -0.3 is 5.32 Å². The number of carbonyl (C=O) groups is 1. The van der Waals surface area contributed by atoms with Crippen LogP contribution in [0.15, 0.2) is 48.7 Å². The van der Waals surface area contributed by atoms with E-state index < -0.39 is 0 Å². The van der Waals surface area contributed by atoms with Gasteiger partial charge in [-0.2, -0.15) is 5.26 Å². The second-order valence-electron chi connectivity index (χ2n) is 6.09. The number of aryl methyl sites for hydroxylation is 1. The number of para-hydroxylation sites is 1. The van der Waals surface area contributed by atoms with E-state index in [4.69, 9.17) is 0 Å². The van der Waals surface area contributed by atoms with E-state index in [9.17, 15) is 10.1 Å². The van der Waals surface area contributed by atoms with Gasteiger partial charge in [0.2, 0.25) is 5.91 Å². The van der Waals surface area contributed by atoms with Crippen molar-refractivity contribution in [3.63, 3.8) is 0 Å². The summed E-state index contributed by atoms with van der Waals surface area (Å²) >= 11 is 0. The Morgan fingerprint density at radius 3 is 2.88 bits per heavy atom. The summed E-state index contributed by atoms with van der Waals surface area (Å²) in [6.45, 7) is 3.78. The SMILES string of the molecule is Cc1ccccc1NC(=O)CN1CC=C(c2ncccc2C#N)CC1. The topological polar surface area (TPSA) is 69.0 Å². The predicted octanol–water partition coefficient (Wildman–Crippen LogP) is 2.99. The number of carbonyl (C=O) groups excluding carboxylic acids is 1. The summed E-state index contributed by atoms with van der Waals surface area (Å²) in [7, 11) is 0. The standard InChI is InChI=1S/C20H20N4O/c1-15-5-2-3-7-18(15)23-19(25)14-24-11-8-16(9-12-24)20-17(13-21)6-4-10-22-20/h2-8,10H,9,11-12,14H2,1H3,(H,23,25). The molecule has 2 heterocycles. The van der Waals surface area contributed by atoms with Gasteiger partial charge in [0.25, 0.3) is 0 Å². The van der Waals surface area contributed by atoms with Crippen LogP contribution in [0.3, 0.4) is 0 Å². The number of nitrogens with one attached hydrogen (secondary N) is 1. The van der Waals surface area contributed by atoms with E-state index in [1.54, 1.807) is 18.3 Å². The van der Waals surface area contributed by atoms with Gasteiger partial charge in [-0.25, -0.2) is 0 Å². The van der Waals surface area contributed by atoms with E-state index in [0.717, 1.165) is 35.5 Å². The van der Waals surface area contributed by atoms with Crippen LogP contribution in [-0.4, -0.2) is 35.4 Å². The molecule has 0 fully saturated rings. The van der Waals surface area contributed by atoms with Crippen molar-refractivity contribution in [3.05, 3.63) is 65.5 Å². The first kappa shape index (κ1) is 16.9. The molecule has 0 saturated carbocycles. The smallest absolute Gasteiger partial charge is 0.238 e. The number of anilines is 1. The molecule has 0 radical (unpaired) electrons. The summed E-state index contributed by atoms with van der Waals surface area (Å²) in [5, 5.41) is 12.2. The molecule has 126 valence electrons. The van der Waals surface area contributed by atoms with E-state index in [-0.39, 0.29) is 5.91 Å². The molecule has 1 N–H and O–H groups in total. The zero-order chi connectivity index (χ0) is 17.6. The molecule has 0 aliphatic carbocycles. The van der Waals surface area contributed by atoms with Crippen molar-refractivity contribution in [3.8, 4) is 6.07 Å². The fraction of sp³-hybridized carbons (Fsp3) is 0.250. The fourth-order valence-corrected chi connectivity index (χ4v) is 2.93. The highest BCUT2D eigenvalue weighted by molar-refractivity contribution is 5.93. The minimum Gasteiger partial charge on any atom is -0.325 e. The van der Waals surface area contributed by atoms with Gasteiger partial charge in [0.1, 0.15) is 6.07 Å². The average molecular weight is 332 g/mol. The lowest BCUT2D eigenvalue weighted by atomic mass is 10.0. The number of benzene rings is 1. The Labute approximate surface area is 147 Å². The second-order valence-corrected chi connectivity index (χ2v) is 6.09. The summed E-state index contributed by atoms with van der Waals surface area (Å²) in [5.41, 5.74) is 4.34. The average Bonchev–Trinajstić information content (AvgIpc) is 2.64. The van der Waals surface area contributed by atoms with Gasteiger partial charge in [-0.15, -0.1) is 0 Å². The van der Waals surface area contributed by atoms with Crippen molar-refractivity contribution >= 4 is 17.2 Å². The van der Waals surface area contributed by atoms with Crippen LogP contribution in [-0.2, 0) is 4.79 Å². The number of hydrogen-bond acceptors (Lipinski definition) is 4. The molecule has 1 aromatic carbocycles. The number of rotatable bonds is 4. The third-order valence-electron chi connectivity index (χ3n) is 4.31. The highest BCUT2D eigenvalue weighted by Gasteiger charge is 2.18. The second kappa shape index (κ2) is 7.73. The first-order valence-corrected chi connectivity index (χ1v) is 8.29. The van der Waals surface area contributed by atoms with Crippen LogP contribution >= 0.6 is 0 Å². The summed E-state index contributed by atoms with van der Waals surface area (Å²) in [5.74, 6) is -0.0123. The van der Waals surface area contributed by atoms with Crippen molar-refractivity contribution in [1.29, 1.82) is 5.26 Å². The Morgan fingerprint density at radius 1 is 1.32 bits per heavy atom. The van der Waals surface area contributed by atoms with Crippen molar-refractivity contribution in [2.75, 3.05) is 25.0 Å². The monoisotopic (exact) mass is 332 g/mol. The first-order valence-electron chi connectivity index (χ1n) is 8.29. The van der Waals surface area contributed by atoms with E-state index in [2.05, 4.69) is 27.3 Å². The van der Waals surface area contributed by atoms with Crippen molar-refractivity contribution < 1.29 is 4.79 Å². The molecule has 0 spiro atoms. The van der Waals surface area contributed by atoms with Crippen LogP contribution in [0.25, 0.3) is 5.57 Å². The normalized spacial score (nSPS) is 14.5. The molecular formula is C20H20N4O. The van der Waals surface area contributed by atoms with Crippen molar-refractivity contribution in [2.24, 2.45) is 0 Å². The molecule has 0 saturated heterocycles. The Kier molecular flexibility index (Phi) is 5.22. The lowest BCUT2D eigenvalue weighted by Crippen LogP contribution is -2.36. The molecule has 1 aliphatic rings. The number of amides is 1. The molecule has 1 aliphatic heterocycles. The minimum absolute atomic E-state index is 0.0123. The highest BCUT2D eigenvalue weighted by Crippen LogP contribution is 2.23. The van der Waals surface area contributed by atoms with Crippen molar-refractivity contribution in [2.45, 2.75) is 13.3 Å². The van der Waals surface area contributed by atoms with Crippen LogP contribution in [0.4, 0.5) is 5.69 Å².